The summed E-state index contributed by atoms with van der Waals surface area (Å²) in [5.41, 5.74) is 1.67. The van der Waals surface area contributed by atoms with Crippen LogP contribution in [0.25, 0.3) is 11.0 Å². The molecule has 4 aromatic rings. The maximum Gasteiger partial charge on any atom is 0.326 e. The first-order chi connectivity index (χ1) is 14.1. The predicted molar refractivity (Wildman–Crippen MR) is 111 cm³/mol. The molecule has 29 heavy (non-hydrogen) atoms. The number of para-hydroxylation sites is 4. The lowest BCUT2D eigenvalue weighted by Gasteiger charge is -2.11. The van der Waals surface area contributed by atoms with Crippen molar-refractivity contribution in [3.8, 4) is 17.2 Å². The highest BCUT2D eigenvalue weighted by Crippen LogP contribution is 2.31. The van der Waals surface area contributed by atoms with Gasteiger partial charge in [-0.05, 0) is 48.5 Å². The van der Waals surface area contributed by atoms with Crippen molar-refractivity contribution < 1.29 is 14.3 Å². The van der Waals surface area contributed by atoms with Gasteiger partial charge in [-0.15, -0.1) is 0 Å². The van der Waals surface area contributed by atoms with Crippen molar-refractivity contribution in [2.24, 2.45) is 0 Å². The zero-order valence-corrected chi connectivity index (χ0v) is 15.7. The first-order valence-electron chi connectivity index (χ1n) is 9.02. The summed E-state index contributed by atoms with van der Waals surface area (Å²) in [6.07, 6.45) is 0. The van der Waals surface area contributed by atoms with Crippen LogP contribution in [0.15, 0.2) is 77.6 Å². The number of methoxy groups -OCH3 is 1. The Morgan fingerprint density at radius 1 is 0.966 bits per heavy atom. The number of nitrogens with one attached hydrogen (secondary N) is 2. The number of benzene rings is 3. The van der Waals surface area contributed by atoms with Gasteiger partial charge in [0.05, 0.1) is 18.1 Å². The van der Waals surface area contributed by atoms with Crippen molar-refractivity contribution in [2.75, 3.05) is 12.4 Å². The molecular weight excluding hydrogens is 370 g/mol. The minimum atomic E-state index is -0.318. The van der Waals surface area contributed by atoms with Crippen LogP contribution in [0.4, 0.5) is 5.69 Å². The second-order valence-electron chi connectivity index (χ2n) is 6.36. The molecule has 0 aliphatic heterocycles. The van der Waals surface area contributed by atoms with E-state index in [9.17, 15) is 9.59 Å². The molecule has 4 rings (SSSR count). The number of amides is 1. The standard InChI is InChI=1S/C22H19N3O4/c1-28-19-8-4-5-9-20(19)29-16-12-10-15(11-13-16)23-21(26)14-25-18-7-3-2-6-17(18)24-22(25)27/h2-13H,14H2,1H3,(H,23,26)(H,24,27). The second kappa shape index (κ2) is 7.93. The fraction of sp³-hybridized carbons (Fsp3) is 0.0909. The third-order valence-corrected chi connectivity index (χ3v) is 4.42. The van der Waals surface area contributed by atoms with Gasteiger partial charge in [-0.25, -0.2) is 4.79 Å². The van der Waals surface area contributed by atoms with Crippen molar-refractivity contribution in [1.82, 2.24) is 9.55 Å². The Kier molecular flexibility index (Phi) is 5.03. The van der Waals surface area contributed by atoms with Crippen LogP contribution in [0.3, 0.4) is 0 Å². The van der Waals surface area contributed by atoms with Crippen LogP contribution >= 0.6 is 0 Å². The van der Waals surface area contributed by atoms with E-state index in [1.54, 1.807) is 43.5 Å². The lowest BCUT2D eigenvalue weighted by Crippen LogP contribution is -2.25. The van der Waals surface area contributed by atoms with Crippen LogP contribution in [-0.2, 0) is 11.3 Å². The summed E-state index contributed by atoms with van der Waals surface area (Å²) in [4.78, 5) is 27.2. The number of anilines is 1. The van der Waals surface area contributed by atoms with Gasteiger partial charge in [0.25, 0.3) is 0 Å². The van der Waals surface area contributed by atoms with Crippen LogP contribution in [0, 0.1) is 0 Å². The van der Waals surface area contributed by atoms with E-state index in [0.717, 1.165) is 0 Å². The quantitative estimate of drug-likeness (QED) is 0.526. The number of ether oxygens (including phenoxy) is 2. The fourth-order valence-corrected chi connectivity index (χ4v) is 3.04. The van der Waals surface area contributed by atoms with Crippen molar-refractivity contribution in [2.45, 2.75) is 6.54 Å². The number of imidazole rings is 1. The van der Waals surface area contributed by atoms with E-state index in [-0.39, 0.29) is 18.1 Å². The van der Waals surface area contributed by atoms with Crippen molar-refractivity contribution >= 4 is 22.6 Å². The number of nitrogens with zero attached hydrogens (tertiary/aromatic N) is 1. The van der Waals surface area contributed by atoms with Crippen LogP contribution in [0.5, 0.6) is 17.2 Å². The fourth-order valence-electron chi connectivity index (χ4n) is 3.04. The zero-order valence-electron chi connectivity index (χ0n) is 15.7. The topological polar surface area (TPSA) is 85.3 Å². The number of aromatic nitrogens is 2. The normalized spacial score (nSPS) is 10.7. The predicted octanol–water partition coefficient (Wildman–Crippen LogP) is 3.77. The summed E-state index contributed by atoms with van der Waals surface area (Å²) < 4.78 is 12.5. The molecule has 1 aromatic heterocycles. The highest BCUT2D eigenvalue weighted by molar-refractivity contribution is 5.91. The van der Waals surface area contributed by atoms with E-state index < -0.39 is 0 Å². The summed E-state index contributed by atoms with van der Waals surface area (Å²) >= 11 is 0. The van der Waals surface area contributed by atoms with Crippen LogP contribution < -0.4 is 20.5 Å². The Morgan fingerprint density at radius 3 is 2.41 bits per heavy atom. The molecule has 7 heteroatoms. The third kappa shape index (κ3) is 3.98. The van der Waals surface area contributed by atoms with E-state index in [1.807, 2.05) is 36.4 Å². The molecule has 7 nitrogen and oxygen atoms in total. The van der Waals surface area contributed by atoms with Gasteiger partial charge in [-0.2, -0.15) is 0 Å². The number of aromatic amines is 1. The number of hydrogen-bond acceptors (Lipinski definition) is 4. The van der Waals surface area contributed by atoms with Gasteiger partial charge in [0.1, 0.15) is 12.3 Å². The van der Waals surface area contributed by atoms with Gasteiger partial charge in [-0.1, -0.05) is 24.3 Å². The average Bonchev–Trinajstić information content (AvgIpc) is 3.05. The molecule has 0 atom stereocenters. The van der Waals surface area contributed by atoms with E-state index >= 15 is 0 Å². The molecule has 146 valence electrons. The van der Waals surface area contributed by atoms with Crippen molar-refractivity contribution in [3.05, 3.63) is 83.3 Å². The highest BCUT2D eigenvalue weighted by Gasteiger charge is 2.11. The first kappa shape index (κ1) is 18.4. The molecule has 1 amide bonds. The summed E-state index contributed by atoms with van der Waals surface area (Å²) in [6.45, 7) is -0.0810. The van der Waals surface area contributed by atoms with Crippen LogP contribution in [-0.4, -0.2) is 22.6 Å². The minimum absolute atomic E-state index is 0.0810. The first-order valence-corrected chi connectivity index (χ1v) is 9.02. The van der Waals surface area contributed by atoms with Gasteiger partial charge in [-0.3, -0.25) is 9.36 Å². The van der Waals surface area contributed by atoms with E-state index in [1.165, 1.54) is 4.57 Å². The molecule has 0 saturated carbocycles. The number of H-pyrrole nitrogens is 1. The van der Waals surface area contributed by atoms with Gasteiger partial charge in [0, 0.05) is 5.69 Å². The molecule has 1 heterocycles. The molecular formula is C22H19N3O4. The molecule has 0 aliphatic carbocycles. The van der Waals surface area contributed by atoms with Gasteiger partial charge in [0.2, 0.25) is 5.91 Å². The third-order valence-electron chi connectivity index (χ3n) is 4.42. The number of carbonyl (C=O) groups excluding carboxylic acids is 1. The molecule has 0 aliphatic rings. The lowest BCUT2D eigenvalue weighted by atomic mass is 10.3. The molecule has 0 saturated heterocycles. The molecule has 0 unspecified atom stereocenters. The maximum atomic E-state index is 12.4. The van der Waals surface area contributed by atoms with Gasteiger partial charge in [0.15, 0.2) is 11.5 Å². The SMILES string of the molecule is COc1ccccc1Oc1ccc(NC(=O)Cn2c(=O)[nH]c3ccccc32)cc1. The van der Waals surface area contributed by atoms with E-state index in [0.29, 0.717) is 34.0 Å². The van der Waals surface area contributed by atoms with Gasteiger partial charge < -0.3 is 19.8 Å². The molecule has 3 aromatic carbocycles. The summed E-state index contributed by atoms with van der Waals surface area (Å²) in [5.74, 6) is 1.55. The molecule has 0 radical (unpaired) electrons. The molecule has 0 spiro atoms. The Labute approximate surface area is 166 Å². The summed E-state index contributed by atoms with van der Waals surface area (Å²) in [5, 5.41) is 2.79. The Balaban J connectivity index is 1.44. The van der Waals surface area contributed by atoms with Crippen molar-refractivity contribution in [3.63, 3.8) is 0 Å². The number of fused-ring (bicyclic) bond motifs is 1. The van der Waals surface area contributed by atoms with E-state index in [2.05, 4.69) is 10.3 Å². The van der Waals surface area contributed by atoms with Crippen molar-refractivity contribution in [1.29, 1.82) is 0 Å². The molecule has 0 fully saturated rings. The van der Waals surface area contributed by atoms with Gasteiger partial charge >= 0.3 is 5.69 Å². The maximum absolute atomic E-state index is 12.4. The second-order valence-corrected chi connectivity index (χ2v) is 6.36. The Bertz CT molecular complexity index is 1210. The monoisotopic (exact) mass is 389 g/mol. The summed E-state index contributed by atoms with van der Waals surface area (Å²) in [6, 6.07) is 21.6. The largest absolute Gasteiger partial charge is 0.493 e. The van der Waals surface area contributed by atoms with Crippen LogP contribution in [0.1, 0.15) is 0 Å². The zero-order chi connectivity index (χ0) is 20.2. The lowest BCUT2D eigenvalue weighted by molar-refractivity contribution is -0.116. The smallest absolute Gasteiger partial charge is 0.326 e. The van der Waals surface area contributed by atoms with E-state index in [4.69, 9.17) is 9.47 Å². The summed E-state index contributed by atoms with van der Waals surface area (Å²) in [7, 11) is 1.58. The number of carbonyl (C=O) groups is 1. The number of rotatable bonds is 6. The molecule has 0 bridgehead atoms. The molecule has 2 N–H and O–H groups in total. The number of hydrogen-bond donors (Lipinski definition) is 2. The average molecular weight is 389 g/mol. The Hall–Kier alpha value is -4.00. The Morgan fingerprint density at radius 2 is 1.66 bits per heavy atom. The van der Waals surface area contributed by atoms with Crippen LogP contribution in [0.2, 0.25) is 0 Å². The highest BCUT2D eigenvalue weighted by atomic mass is 16.5. The minimum Gasteiger partial charge on any atom is -0.493 e.